The molecule has 2 bridgehead atoms. The molecule has 0 spiro atoms. The van der Waals surface area contributed by atoms with Crippen LogP contribution in [0.5, 0.6) is 5.75 Å². The van der Waals surface area contributed by atoms with Crippen LogP contribution in [0.15, 0.2) is 28.8 Å². The molecule has 150 valence electrons. The number of nitrogens with zero attached hydrogens (tertiary/aromatic N) is 2. The molecule has 2 aliphatic heterocycles. The average molecular weight is 383 g/mol. The minimum absolute atomic E-state index is 0.161. The van der Waals surface area contributed by atoms with E-state index in [4.69, 9.17) is 9.26 Å². The summed E-state index contributed by atoms with van der Waals surface area (Å²) in [5.41, 5.74) is 2.32. The number of aromatic nitrogens is 1. The smallest absolute Gasteiger partial charge is 0.274 e. The van der Waals surface area contributed by atoms with Gasteiger partial charge in [0.15, 0.2) is 5.69 Å². The summed E-state index contributed by atoms with van der Waals surface area (Å²) in [7, 11) is 2.20. The summed E-state index contributed by atoms with van der Waals surface area (Å²) in [4.78, 5) is 15.3. The zero-order valence-electron chi connectivity index (χ0n) is 16.9. The van der Waals surface area contributed by atoms with Gasteiger partial charge < -0.3 is 19.5 Å². The number of nitrogens with one attached hydrogen (secondary N) is 1. The molecule has 2 atom stereocenters. The molecule has 3 heterocycles. The van der Waals surface area contributed by atoms with E-state index in [2.05, 4.69) is 41.5 Å². The summed E-state index contributed by atoms with van der Waals surface area (Å²) >= 11 is 0. The fourth-order valence-corrected chi connectivity index (χ4v) is 4.50. The Labute approximate surface area is 166 Å². The number of carbonyl (C=O) groups is 1. The second-order valence-electron chi connectivity index (χ2n) is 8.04. The Morgan fingerprint density at radius 1 is 1.25 bits per heavy atom. The number of amides is 1. The highest BCUT2D eigenvalue weighted by Gasteiger charge is 2.39. The van der Waals surface area contributed by atoms with Crippen molar-refractivity contribution in [3.05, 3.63) is 46.8 Å². The van der Waals surface area contributed by atoms with Gasteiger partial charge in [-0.1, -0.05) is 24.2 Å². The first-order valence-electron chi connectivity index (χ1n) is 10.2. The Hall–Kier alpha value is -2.34. The van der Waals surface area contributed by atoms with Crippen molar-refractivity contribution in [2.24, 2.45) is 0 Å². The number of piperidine rings is 1. The molecule has 6 nitrogen and oxygen atoms in total. The number of benzene rings is 1. The van der Waals surface area contributed by atoms with Crippen LogP contribution in [-0.4, -0.2) is 41.1 Å². The first-order chi connectivity index (χ1) is 13.5. The van der Waals surface area contributed by atoms with E-state index >= 15 is 0 Å². The summed E-state index contributed by atoms with van der Waals surface area (Å²) < 4.78 is 11.2. The molecule has 1 amide bonds. The monoisotopic (exact) mass is 383 g/mol. The van der Waals surface area contributed by atoms with Crippen molar-refractivity contribution in [3.63, 3.8) is 0 Å². The topological polar surface area (TPSA) is 67.6 Å². The zero-order chi connectivity index (χ0) is 19.7. The predicted molar refractivity (Wildman–Crippen MR) is 106 cm³/mol. The molecular weight excluding hydrogens is 354 g/mol. The van der Waals surface area contributed by atoms with E-state index in [-0.39, 0.29) is 18.6 Å². The Morgan fingerprint density at radius 3 is 2.57 bits per heavy atom. The number of carbonyl (C=O) groups excluding carboxylic acids is 1. The van der Waals surface area contributed by atoms with Crippen LogP contribution < -0.4 is 10.1 Å². The van der Waals surface area contributed by atoms with Crippen molar-refractivity contribution in [2.45, 2.75) is 70.7 Å². The van der Waals surface area contributed by atoms with E-state index in [1.807, 2.05) is 19.1 Å². The quantitative estimate of drug-likeness (QED) is 0.827. The average Bonchev–Trinajstić information content (AvgIpc) is 3.15. The maximum atomic E-state index is 12.9. The molecule has 2 unspecified atom stereocenters. The highest BCUT2D eigenvalue weighted by molar-refractivity contribution is 5.94. The minimum Gasteiger partial charge on any atom is -0.489 e. The number of aryl methyl sites for hydroxylation is 2. The number of fused-ring (bicyclic) bond motifs is 2. The van der Waals surface area contributed by atoms with Crippen LogP contribution in [0.3, 0.4) is 0 Å². The maximum Gasteiger partial charge on any atom is 0.274 e. The van der Waals surface area contributed by atoms with Crippen LogP contribution in [-0.2, 0) is 13.0 Å². The molecule has 2 aromatic rings. The van der Waals surface area contributed by atoms with Crippen molar-refractivity contribution in [1.82, 2.24) is 15.4 Å². The van der Waals surface area contributed by atoms with Crippen molar-refractivity contribution >= 4 is 5.91 Å². The molecule has 1 aromatic carbocycles. The van der Waals surface area contributed by atoms with E-state index in [1.165, 1.54) is 18.4 Å². The molecule has 28 heavy (non-hydrogen) atoms. The normalized spacial score (nSPS) is 24.3. The Kier molecular flexibility index (Phi) is 5.40. The van der Waals surface area contributed by atoms with Crippen molar-refractivity contribution in [1.29, 1.82) is 0 Å². The summed E-state index contributed by atoms with van der Waals surface area (Å²) in [5.74, 6) is 1.24. The summed E-state index contributed by atoms with van der Waals surface area (Å²) in [5, 5.41) is 7.19. The number of hydrogen-bond acceptors (Lipinski definition) is 5. The number of hydrogen-bond donors (Lipinski definition) is 1. The third-order valence-corrected chi connectivity index (χ3v) is 6.35. The predicted octanol–water partition coefficient (Wildman–Crippen LogP) is 3.48. The van der Waals surface area contributed by atoms with E-state index in [9.17, 15) is 4.79 Å². The van der Waals surface area contributed by atoms with Crippen LogP contribution in [0.4, 0.5) is 0 Å². The standard InChI is InChI=1S/C22H29N3O3/c1-4-15-5-9-19(10-6-15)27-13-20-14(2)28-24-21(20)22(26)23-16-11-17-7-8-18(12-16)25(17)3/h5-6,9-10,16-18H,4,7-8,11-13H2,1-3H3,(H,23,26). The van der Waals surface area contributed by atoms with Crippen molar-refractivity contribution in [2.75, 3.05) is 7.05 Å². The number of rotatable bonds is 6. The molecule has 1 aromatic heterocycles. The van der Waals surface area contributed by atoms with Crippen LogP contribution in [0.25, 0.3) is 0 Å². The van der Waals surface area contributed by atoms with Gasteiger partial charge in [0.25, 0.3) is 5.91 Å². The largest absolute Gasteiger partial charge is 0.489 e. The Morgan fingerprint density at radius 2 is 1.93 bits per heavy atom. The highest BCUT2D eigenvalue weighted by atomic mass is 16.5. The third kappa shape index (κ3) is 3.78. The lowest BCUT2D eigenvalue weighted by molar-refractivity contribution is 0.0871. The van der Waals surface area contributed by atoms with Gasteiger partial charge in [-0.15, -0.1) is 0 Å². The van der Waals surface area contributed by atoms with E-state index in [1.54, 1.807) is 0 Å². The van der Waals surface area contributed by atoms with Crippen molar-refractivity contribution in [3.8, 4) is 5.75 Å². The van der Waals surface area contributed by atoms with E-state index in [0.717, 1.165) is 25.0 Å². The molecule has 0 aliphatic carbocycles. The molecule has 2 saturated heterocycles. The fourth-order valence-electron chi connectivity index (χ4n) is 4.50. The summed E-state index contributed by atoms with van der Waals surface area (Å²) in [6, 6.07) is 9.38. The van der Waals surface area contributed by atoms with E-state index < -0.39 is 0 Å². The van der Waals surface area contributed by atoms with Gasteiger partial charge in [-0.2, -0.15) is 0 Å². The maximum absolute atomic E-state index is 12.9. The molecule has 0 radical (unpaired) electrons. The molecule has 2 aliphatic rings. The van der Waals surface area contributed by atoms with E-state index in [0.29, 0.717) is 29.1 Å². The Bertz CT molecular complexity index is 816. The van der Waals surface area contributed by atoms with Gasteiger partial charge in [0, 0.05) is 18.1 Å². The first-order valence-corrected chi connectivity index (χ1v) is 10.2. The van der Waals surface area contributed by atoms with Gasteiger partial charge in [0.05, 0.1) is 5.56 Å². The zero-order valence-corrected chi connectivity index (χ0v) is 16.9. The van der Waals surface area contributed by atoms with Gasteiger partial charge in [-0.3, -0.25) is 4.79 Å². The van der Waals surface area contributed by atoms with Crippen LogP contribution in [0, 0.1) is 6.92 Å². The SMILES string of the molecule is CCc1ccc(OCc2c(C(=O)NC3CC4CCC(C3)N4C)noc2C)cc1. The van der Waals surface area contributed by atoms with Gasteiger partial charge >= 0.3 is 0 Å². The third-order valence-electron chi connectivity index (χ3n) is 6.35. The second-order valence-corrected chi connectivity index (χ2v) is 8.04. The molecule has 4 rings (SSSR count). The molecule has 0 saturated carbocycles. The molecule has 6 heteroatoms. The van der Waals surface area contributed by atoms with Crippen LogP contribution >= 0.6 is 0 Å². The van der Waals surface area contributed by atoms with Gasteiger partial charge in [0.1, 0.15) is 18.1 Å². The lowest BCUT2D eigenvalue weighted by Gasteiger charge is -2.36. The second kappa shape index (κ2) is 7.95. The lowest BCUT2D eigenvalue weighted by atomic mass is 9.98. The lowest BCUT2D eigenvalue weighted by Crippen LogP contribution is -2.48. The molecule has 1 N–H and O–H groups in total. The summed E-state index contributed by atoms with van der Waals surface area (Å²) in [6.07, 6.45) is 5.46. The van der Waals surface area contributed by atoms with Gasteiger partial charge in [-0.05, 0) is 63.8 Å². The fraction of sp³-hybridized carbons (Fsp3) is 0.545. The molecular formula is C22H29N3O3. The number of ether oxygens (including phenoxy) is 1. The van der Waals surface area contributed by atoms with Gasteiger partial charge in [0.2, 0.25) is 0 Å². The minimum atomic E-state index is -0.161. The molecule has 2 fully saturated rings. The highest BCUT2D eigenvalue weighted by Crippen LogP contribution is 2.34. The first kappa shape index (κ1) is 19.0. The van der Waals surface area contributed by atoms with Gasteiger partial charge in [-0.25, -0.2) is 0 Å². The van der Waals surface area contributed by atoms with Crippen LogP contribution in [0.1, 0.15) is 60.0 Å². The van der Waals surface area contributed by atoms with Crippen molar-refractivity contribution < 1.29 is 14.1 Å². The Balaban J connectivity index is 1.40. The summed E-state index contributed by atoms with van der Waals surface area (Å²) in [6.45, 7) is 4.21. The van der Waals surface area contributed by atoms with Crippen LogP contribution in [0.2, 0.25) is 0 Å².